The van der Waals surface area contributed by atoms with Gasteiger partial charge in [0.05, 0.1) is 20.6 Å². The van der Waals surface area contributed by atoms with E-state index in [-0.39, 0.29) is 23.9 Å². The highest BCUT2D eigenvalue weighted by Gasteiger charge is 2.26. The Kier molecular flexibility index (Phi) is 7.11. The Labute approximate surface area is 227 Å². The molecule has 0 saturated carbocycles. The van der Waals surface area contributed by atoms with Crippen molar-refractivity contribution >= 4 is 33.5 Å². The van der Waals surface area contributed by atoms with Gasteiger partial charge >= 0.3 is 0 Å². The van der Waals surface area contributed by atoms with Gasteiger partial charge in [0.15, 0.2) is 11.5 Å². The number of hydrogen-bond acceptors (Lipinski definition) is 4. The van der Waals surface area contributed by atoms with E-state index in [1.165, 1.54) is 26.4 Å². The largest absolute Gasteiger partial charge is 0.502 e. The number of amides is 1. The van der Waals surface area contributed by atoms with Crippen LogP contribution >= 0.6 is 0 Å². The van der Waals surface area contributed by atoms with E-state index in [4.69, 9.17) is 9.47 Å². The van der Waals surface area contributed by atoms with Crippen LogP contribution in [-0.2, 0) is 11.2 Å². The predicted molar refractivity (Wildman–Crippen MR) is 154 cm³/mol. The Bertz CT molecular complexity index is 1640. The predicted octanol–water partition coefficient (Wildman–Crippen LogP) is 7.45. The first-order chi connectivity index (χ1) is 18.8. The molecule has 1 aliphatic carbocycles. The number of methoxy groups -OCH3 is 2. The van der Waals surface area contributed by atoms with Crippen molar-refractivity contribution in [2.24, 2.45) is 0 Å². The first kappa shape index (κ1) is 26.0. The summed E-state index contributed by atoms with van der Waals surface area (Å²) in [7, 11) is 2.98. The summed E-state index contributed by atoms with van der Waals surface area (Å²) in [6.45, 7) is 4.00. The van der Waals surface area contributed by atoms with Crippen LogP contribution in [0.3, 0.4) is 0 Å². The summed E-state index contributed by atoms with van der Waals surface area (Å²) < 4.78 is 24.9. The minimum Gasteiger partial charge on any atom is -0.502 e. The van der Waals surface area contributed by atoms with Gasteiger partial charge in [-0.15, -0.1) is 0 Å². The molecule has 0 aromatic heterocycles. The lowest BCUT2D eigenvalue weighted by Crippen LogP contribution is -2.12. The number of halogens is 1. The first-order valence-corrected chi connectivity index (χ1v) is 12.7. The van der Waals surface area contributed by atoms with Crippen LogP contribution in [0.25, 0.3) is 21.9 Å². The highest BCUT2D eigenvalue weighted by molar-refractivity contribution is 6.07. The number of nitrogens with one attached hydrogen (secondary N) is 1. The molecule has 0 heterocycles. The second-order valence-electron chi connectivity index (χ2n) is 9.75. The Balaban J connectivity index is 1.43. The van der Waals surface area contributed by atoms with E-state index >= 15 is 0 Å². The number of carbonyl (C=O) groups excluding carboxylic acids is 1. The molecule has 1 amide bonds. The lowest BCUT2D eigenvalue weighted by Gasteiger charge is -2.11. The molecular formula is C33H30FNO4. The number of anilines is 1. The van der Waals surface area contributed by atoms with Crippen LogP contribution in [-0.4, -0.2) is 25.2 Å². The number of benzene rings is 4. The molecule has 2 N–H and O–H groups in total. The van der Waals surface area contributed by atoms with Crippen LogP contribution in [0.5, 0.6) is 17.2 Å². The first-order valence-electron chi connectivity index (χ1n) is 12.7. The topological polar surface area (TPSA) is 67.8 Å². The fourth-order valence-corrected chi connectivity index (χ4v) is 5.15. The van der Waals surface area contributed by atoms with Gasteiger partial charge in [0.2, 0.25) is 11.7 Å². The Hall–Kier alpha value is -4.58. The van der Waals surface area contributed by atoms with Gasteiger partial charge < -0.3 is 19.9 Å². The normalized spacial score (nSPS) is 13.6. The Morgan fingerprint density at radius 3 is 2.33 bits per heavy atom. The summed E-state index contributed by atoms with van der Waals surface area (Å²) in [4.78, 5) is 13.2. The molecule has 4 aromatic rings. The number of allylic oxidation sites excluding steroid dienone is 3. The van der Waals surface area contributed by atoms with Gasteiger partial charge in [-0.2, -0.15) is 0 Å². The average molecular weight is 524 g/mol. The maximum atomic E-state index is 14.3. The lowest BCUT2D eigenvalue weighted by molar-refractivity contribution is -0.115. The van der Waals surface area contributed by atoms with Gasteiger partial charge in [-0.05, 0) is 101 Å². The summed E-state index contributed by atoms with van der Waals surface area (Å²) in [6.07, 6.45) is 2.69. The molecule has 5 nitrogen and oxygen atoms in total. The SMILES string of the molecule is COc1cc(C/C=C2/C(C)=C(CC(=O)Nc3ccc4ccc(C)cc4c3)c3cc(F)ccc32)cc(OC)c1O. The van der Waals surface area contributed by atoms with Gasteiger partial charge in [-0.25, -0.2) is 4.39 Å². The number of rotatable bonds is 7. The molecule has 0 aliphatic heterocycles. The molecule has 1 aliphatic rings. The maximum Gasteiger partial charge on any atom is 0.228 e. The van der Waals surface area contributed by atoms with Crippen LogP contribution < -0.4 is 14.8 Å². The van der Waals surface area contributed by atoms with Crippen molar-refractivity contribution in [2.75, 3.05) is 19.5 Å². The maximum absolute atomic E-state index is 14.3. The minimum atomic E-state index is -0.349. The highest BCUT2D eigenvalue weighted by Crippen LogP contribution is 2.44. The third-order valence-corrected chi connectivity index (χ3v) is 7.15. The zero-order valence-electron chi connectivity index (χ0n) is 22.4. The molecular weight excluding hydrogens is 493 g/mol. The van der Waals surface area contributed by atoms with Crippen LogP contribution in [0.1, 0.15) is 35.6 Å². The van der Waals surface area contributed by atoms with Crippen LogP contribution in [0.4, 0.5) is 10.1 Å². The van der Waals surface area contributed by atoms with Crippen LogP contribution in [0, 0.1) is 12.7 Å². The standard InChI is InChI=1S/C33H30FNO4/c1-19-5-7-22-8-10-25(16-23(22)13-19)35-32(36)18-28-20(2)26(27-12-9-24(34)17-29(27)28)11-6-21-14-30(38-3)33(37)31(15-21)39-4/h5,7-17,37H,6,18H2,1-4H3,(H,35,36)/b26-11-. The van der Waals surface area contributed by atoms with Crippen molar-refractivity contribution in [2.45, 2.75) is 26.7 Å². The summed E-state index contributed by atoms with van der Waals surface area (Å²) in [5, 5.41) is 15.4. The second kappa shape index (κ2) is 10.7. The molecule has 39 heavy (non-hydrogen) atoms. The quantitative estimate of drug-likeness (QED) is 0.264. The van der Waals surface area contributed by atoms with Crippen molar-refractivity contribution in [3.63, 3.8) is 0 Å². The number of aryl methyl sites for hydroxylation is 1. The van der Waals surface area contributed by atoms with E-state index in [0.717, 1.165) is 55.4 Å². The van der Waals surface area contributed by atoms with Crippen molar-refractivity contribution in [1.82, 2.24) is 0 Å². The second-order valence-corrected chi connectivity index (χ2v) is 9.75. The van der Waals surface area contributed by atoms with Crippen molar-refractivity contribution in [3.8, 4) is 17.2 Å². The molecule has 5 rings (SSSR count). The van der Waals surface area contributed by atoms with Crippen molar-refractivity contribution < 1.29 is 23.8 Å². The van der Waals surface area contributed by atoms with Gasteiger partial charge in [-0.1, -0.05) is 42.0 Å². The van der Waals surface area contributed by atoms with Gasteiger partial charge in [0.1, 0.15) is 5.82 Å². The number of carbonyl (C=O) groups is 1. The number of hydrogen-bond donors (Lipinski definition) is 2. The molecule has 6 heteroatoms. The molecule has 0 spiro atoms. The number of phenols is 1. The summed E-state index contributed by atoms with van der Waals surface area (Å²) in [6, 6.07) is 20.3. The zero-order chi connectivity index (χ0) is 27.7. The highest BCUT2D eigenvalue weighted by atomic mass is 19.1. The molecule has 198 valence electrons. The van der Waals surface area contributed by atoms with Crippen LogP contribution in [0.15, 0.2) is 78.4 Å². The van der Waals surface area contributed by atoms with E-state index < -0.39 is 0 Å². The zero-order valence-corrected chi connectivity index (χ0v) is 22.4. The number of fused-ring (bicyclic) bond motifs is 2. The number of aromatic hydroxyl groups is 1. The number of phenolic OH excluding ortho intramolecular Hbond substituents is 1. The summed E-state index contributed by atoms with van der Waals surface area (Å²) >= 11 is 0. The minimum absolute atomic E-state index is 0.0518. The van der Waals surface area contributed by atoms with Gasteiger partial charge in [0, 0.05) is 5.69 Å². The smallest absolute Gasteiger partial charge is 0.228 e. The van der Waals surface area contributed by atoms with E-state index in [1.54, 1.807) is 18.2 Å². The Morgan fingerprint density at radius 2 is 1.62 bits per heavy atom. The fourth-order valence-electron chi connectivity index (χ4n) is 5.15. The third kappa shape index (κ3) is 5.23. The molecule has 0 bridgehead atoms. The van der Waals surface area contributed by atoms with E-state index in [1.807, 2.05) is 38.1 Å². The molecule has 0 atom stereocenters. The summed E-state index contributed by atoms with van der Waals surface area (Å²) in [5.41, 5.74) is 7.03. The lowest BCUT2D eigenvalue weighted by atomic mass is 10.00. The van der Waals surface area contributed by atoms with E-state index in [0.29, 0.717) is 17.9 Å². The number of ether oxygens (including phenoxy) is 2. The summed E-state index contributed by atoms with van der Waals surface area (Å²) in [5.74, 6) is 0.0821. The van der Waals surface area contributed by atoms with Crippen molar-refractivity contribution in [3.05, 3.63) is 106 Å². The molecule has 0 saturated heterocycles. The van der Waals surface area contributed by atoms with E-state index in [2.05, 4.69) is 23.5 Å². The monoisotopic (exact) mass is 523 g/mol. The third-order valence-electron chi connectivity index (χ3n) is 7.15. The van der Waals surface area contributed by atoms with Crippen LogP contribution in [0.2, 0.25) is 0 Å². The Morgan fingerprint density at radius 1 is 0.897 bits per heavy atom. The fraction of sp³-hybridized carbons (Fsp3) is 0.182. The van der Waals surface area contributed by atoms with E-state index in [9.17, 15) is 14.3 Å². The average Bonchev–Trinajstić information content (AvgIpc) is 3.17. The molecule has 4 aromatic carbocycles. The van der Waals surface area contributed by atoms with Gasteiger partial charge in [-0.3, -0.25) is 4.79 Å². The molecule has 0 radical (unpaired) electrons. The van der Waals surface area contributed by atoms with Crippen molar-refractivity contribution in [1.29, 1.82) is 0 Å². The molecule has 0 fully saturated rings. The molecule has 0 unspecified atom stereocenters. The van der Waals surface area contributed by atoms with Gasteiger partial charge in [0.25, 0.3) is 0 Å².